The van der Waals surface area contributed by atoms with E-state index in [0.717, 1.165) is 5.92 Å². The third-order valence-electron chi connectivity index (χ3n) is 3.12. The molecule has 2 aliphatic rings. The molecule has 0 aliphatic carbocycles. The van der Waals surface area contributed by atoms with Gasteiger partial charge in [0.05, 0.1) is 0 Å². The molecule has 0 amide bonds. The zero-order valence-electron chi connectivity index (χ0n) is 8.50. The Morgan fingerprint density at radius 1 is 1.31 bits per heavy atom. The van der Waals surface area contributed by atoms with Crippen molar-refractivity contribution >= 4 is 0 Å². The highest BCUT2D eigenvalue weighted by atomic mass is 15.2. The zero-order valence-corrected chi connectivity index (χ0v) is 8.50. The number of nitrogens with one attached hydrogen (secondary N) is 1. The quantitative estimate of drug-likeness (QED) is 0.694. The zero-order chi connectivity index (χ0) is 9.10. The number of piperidine rings is 1. The van der Waals surface area contributed by atoms with Crippen LogP contribution >= 0.6 is 0 Å². The lowest BCUT2D eigenvalue weighted by atomic mass is 9.96. The van der Waals surface area contributed by atoms with Crippen molar-refractivity contribution in [3.05, 3.63) is 12.3 Å². The molecule has 2 rings (SSSR count). The Morgan fingerprint density at radius 3 is 2.69 bits per heavy atom. The van der Waals surface area contributed by atoms with Crippen LogP contribution in [-0.2, 0) is 0 Å². The average molecular weight is 180 g/mol. The van der Waals surface area contributed by atoms with E-state index in [1.807, 2.05) is 0 Å². The number of likely N-dealkylation sites (tertiary alicyclic amines) is 1. The van der Waals surface area contributed by atoms with Gasteiger partial charge in [0.2, 0.25) is 0 Å². The second-order valence-electron chi connectivity index (χ2n) is 4.43. The van der Waals surface area contributed by atoms with Crippen LogP contribution in [0.3, 0.4) is 0 Å². The standard InChI is InChI=1S/C11H20N2/c1-10-3-4-11(12-9-10)5-8-13-6-2-7-13/h5,8,10-12H,2-4,6-7,9H2,1H3. The first kappa shape index (κ1) is 9.07. The van der Waals surface area contributed by atoms with E-state index < -0.39 is 0 Å². The predicted octanol–water partition coefficient (Wildman–Crippen LogP) is 1.59. The Kier molecular flexibility index (Phi) is 2.89. The Hall–Kier alpha value is -0.500. The summed E-state index contributed by atoms with van der Waals surface area (Å²) in [5.41, 5.74) is 0. The molecule has 74 valence electrons. The fourth-order valence-corrected chi connectivity index (χ4v) is 1.90. The van der Waals surface area contributed by atoms with Gasteiger partial charge in [-0.25, -0.2) is 0 Å². The summed E-state index contributed by atoms with van der Waals surface area (Å²) in [5.74, 6) is 0.869. The van der Waals surface area contributed by atoms with Crippen LogP contribution in [0.15, 0.2) is 12.3 Å². The summed E-state index contributed by atoms with van der Waals surface area (Å²) in [7, 11) is 0. The maximum absolute atomic E-state index is 3.56. The minimum Gasteiger partial charge on any atom is -0.377 e. The lowest BCUT2D eigenvalue weighted by molar-refractivity contribution is 0.260. The molecule has 2 nitrogen and oxygen atoms in total. The maximum atomic E-state index is 3.56. The highest BCUT2D eigenvalue weighted by Gasteiger charge is 2.15. The molecule has 0 bridgehead atoms. The van der Waals surface area contributed by atoms with Gasteiger partial charge in [-0.3, -0.25) is 0 Å². The van der Waals surface area contributed by atoms with Crippen molar-refractivity contribution in [2.24, 2.45) is 5.92 Å². The predicted molar refractivity (Wildman–Crippen MR) is 55.5 cm³/mol. The molecule has 0 aromatic heterocycles. The SMILES string of the molecule is CC1CCC(C=CN2CCC2)NC1. The van der Waals surface area contributed by atoms with Crippen molar-refractivity contribution in [2.45, 2.75) is 32.2 Å². The summed E-state index contributed by atoms with van der Waals surface area (Å²) >= 11 is 0. The first-order valence-corrected chi connectivity index (χ1v) is 5.50. The van der Waals surface area contributed by atoms with Gasteiger partial charge in [-0.15, -0.1) is 0 Å². The molecule has 2 fully saturated rings. The normalized spacial score (nSPS) is 35.0. The first-order chi connectivity index (χ1) is 6.34. The molecule has 0 aromatic carbocycles. The Balaban J connectivity index is 1.71. The molecular formula is C11H20N2. The molecule has 0 aromatic rings. The van der Waals surface area contributed by atoms with E-state index in [1.54, 1.807) is 0 Å². The first-order valence-electron chi connectivity index (χ1n) is 5.50. The third-order valence-corrected chi connectivity index (χ3v) is 3.12. The fraction of sp³-hybridized carbons (Fsp3) is 0.818. The molecule has 2 heterocycles. The van der Waals surface area contributed by atoms with Gasteiger partial charge in [0.1, 0.15) is 0 Å². The molecule has 0 saturated carbocycles. The van der Waals surface area contributed by atoms with Crippen LogP contribution in [0.2, 0.25) is 0 Å². The summed E-state index contributed by atoms with van der Waals surface area (Å²) in [6, 6.07) is 0.636. The van der Waals surface area contributed by atoms with Crippen LogP contribution in [-0.4, -0.2) is 30.6 Å². The molecule has 2 saturated heterocycles. The Morgan fingerprint density at radius 2 is 2.15 bits per heavy atom. The second-order valence-corrected chi connectivity index (χ2v) is 4.43. The van der Waals surface area contributed by atoms with E-state index in [0.29, 0.717) is 6.04 Å². The Bertz CT molecular complexity index is 177. The third kappa shape index (κ3) is 2.47. The minimum atomic E-state index is 0.636. The van der Waals surface area contributed by atoms with E-state index in [4.69, 9.17) is 0 Å². The topological polar surface area (TPSA) is 15.3 Å². The van der Waals surface area contributed by atoms with Crippen molar-refractivity contribution in [1.29, 1.82) is 0 Å². The van der Waals surface area contributed by atoms with Gasteiger partial charge >= 0.3 is 0 Å². The van der Waals surface area contributed by atoms with E-state index >= 15 is 0 Å². The largest absolute Gasteiger partial charge is 0.377 e. The summed E-state index contributed by atoms with van der Waals surface area (Å²) in [6.45, 7) is 6.04. The van der Waals surface area contributed by atoms with Crippen molar-refractivity contribution in [3.63, 3.8) is 0 Å². The maximum Gasteiger partial charge on any atom is 0.0267 e. The van der Waals surface area contributed by atoms with E-state index in [-0.39, 0.29) is 0 Å². The molecule has 2 aliphatic heterocycles. The molecular weight excluding hydrogens is 160 g/mol. The second kappa shape index (κ2) is 4.14. The number of hydrogen-bond donors (Lipinski definition) is 1. The van der Waals surface area contributed by atoms with Gasteiger partial charge in [0.15, 0.2) is 0 Å². The fourth-order valence-electron chi connectivity index (χ4n) is 1.90. The van der Waals surface area contributed by atoms with Crippen molar-refractivity contribution in [2.75, 3.05) is 19.6 Å². The molecule has 2 unspecified atom stereocenters. The van der Waals surface area contributed by atoms with Crippen LogP contribution in [0.5, 0.6) is 0 Å². The van der Waals surface area contributed by atoms with Crippen LogP contribution < -0.4 is 5.32 Å². The highest BCUT2D eigenvalue weighted by molar-refractivity contribution is 4.97. The molecule has 0 radical (unpaired) electrons. The van der Waals surface area contributed by atoms with Gasteiger partial charge in [0.25, 0.3) is 0 Å². The van der Waals surface area contributed by atoms with Crippen molar-refractivity contribution in [1.82, 2.24) is 10.2 Å². The van der Waals surface area contributed by atoms with Gasteiger partial charge in [-0.1, -0.05) is 13.0 Å². The summed E-state index contributed by atoms with van der Waals surface area (Å²) in [4.78, 5) is 2.39. The van der Waals surface area contributed by atoms with Crippen molar-refractivity contribution in [3.8, 4) is 0 Å². The Labute approximate surface area is 81.0 Å². The lowest BCUT2D eigenvalue weighted by Gasteiger charge is -2.31. The van der Waals surface area contributed by atoms with E-state index in [1.165, 1.54) is 38.9 Å². The lowest BCUT2D eigenvalue weighted by Crippen LogP contribution is -2.38. The van der Waals surface area contributed by atoms with Gasteiger partial charge in [0, 0.05) is 19.1 Å². The summed E-state index contributed by atoms with van der Waals surface area (Å²) in [6.07, 6.45) is 8.68. The monoisotopic (exact) mass is 180 g/mol. The highest BCUT2D eigenvalue weighted by Crippen LogP contribution is 2.15. The van der Waals surface area contributed by atoms with Crippen LogP contribution in [0, 0.1) is 5.92 Å². The summed E-state index contributed by atoms with van der Waals surface area (Å²) in [5, 5.41) is 3.56. The van der Waals surface area contributed by atoms with Crippen LogP contribution in [0.4, 0.5) is 0 Å². The summed E-state index contributed by atoms with van der Waals surface area (Å²) < 4.78 is 0. The van der Waals surface area contributed by atoms with Gasteiger partial charge < -0.3 is 10.2 Å². The van der Waals surface area contributed by atoms with E-state index in [2.05, 4.69) is 29.4 Å². The minimum absolute atomic E-state index is 0.636. The number of nitrogens with zero attached hydrogens (tertiary/aromatic N) is 1. The van der Waals surface area contributed by atoms with Crippen LogP contribution in [0.1, 0.15) is 26.2 Å². The molecule has 2 heteroatoms. The molecule has 13 heavy (non-hydrogen) atoms. The van der Waals surface area contributed by atoms with E-state index in [9.17, 15) is 0 Å². The molecule has 1 N–H and O–H groups in total. The van der Waals surface area contributed by atoms with Gasteiger partial charge in [-0.2, -0.15) is 0 Å². The average Bonchev–Trinajstić information content (AvgIpc) is 2.05. The molecule has 0 spiro atoms. The number of hydrogen-bond acceptors (Lipinski definition) is 2. The molecule has 2 atom stereocenters. The number of rotatable bonds is 2. The van der Waals surface area contributed by atoms with Crippen LogP contribution in [0.25, 0.3) is 0 Å². The smallest absolute Gasteiger partial charge is 0.0267 e. The van der Waals surface area contributed by atoms with Gasteiger partial charge in [-0.05, 0) is 37.9 Å². The van der Waals surface area contributed by atoms with Crippen molar-refractivity contribution < 1.29 is 0 Å².